The summed E-state index contributed by atoms with van der Waals surface area (Å²) in [5.74, 6) is 0. The van der Waals surface area contributed by atoms with Crippen molar-refractivity contribution in [1.29, 1.82) is 0 Å². The molecule has 4 nitrogen and oxygen atoms in total. The highest BCUT2D eigenvalue weighted by molar-refractivity contribution is 5.68. The first-order valence-electron chi connectivity index (χ1n) is 4.44. The van der Waals surface area contributed by atoms with E-state index in [4.69, 9.17) is 10.5 Å². The molecule has 0 fully saturated rings. The first-order chi connectivity index (χ1) is 5.78. The smallest absolute Gasteiger partial charge is 0.410 e. The second kappa shape index (κ2) is 4.46. The van der Waals surface area contributed by atoms with Crippen LogP contribution in [-0.2, 0) is 4.74 Å². The summed E-state index contributed by atoms with van der Waals surface area (Å²) in [6.45, 7) is 7.84. The minimum atomic E-state index is -0.445. The highest BCUT2D eigenvalue weighted by Gasteiger charge is 2.21. The minimum absolute atomic E-state index is 0.00912. The van der Waals surface area contributed by atoms with Gasteiger partial charge in [-0.3, -0.25) is 0 Å². The number of amides is 1. The molecule has 0 saturated carbocycles. The number of rotatable bonds is 2. The zero-order valence-corrected chi connectivity index (χ0v) is 9.13. The van der Waals surface area contributed by atoms with Gasteiger partial charge >= 0.3 is 6.09 Å². The molecule has 1 atom stereocenters. The molecule has 0 aliphatic heterocycles. The third-order valence-electron chi connectivity index (χ3n) is 1.68. The molecule has 13 heavy (non-hydrogen) atoms. The van der Waals surface area contributed by atoms with Gasteiger partial charge in [0.2, 0.25) is 0 Å². The van der Waals surface area contributed by atoms with Crippen LogP contribution >= 0.6 is 0 Å². The maximum Gasteiger partial charge on any atom is 0.410 e. The molecule has 0 radical (unpaired) electrons. The number of hydrogen-bond acceptors (Lipinski definition) is 3. The van der Waals surface area contributed by atoms with Crippen molar-refractivity contribution in [1.82, 2.24) is 4.90 Å². The Kier molecular flexibility index (Phi) is 4.20. The van der Waals surface area contributed by atoms with Crippen molar-refractivity contribution < 1.29 is 9.53 Å². The number of ether oxygens (including phenoxy) is 1. The summed E-state index contributed by atoms with van der Waals surface area (Å²) in [6, 6.07) is 0.00912. The topological polar surface area (TPSA) is 55.6 Å². The number of nitrogens with zero attached hydrogens (tertiary/aromatic N) is 1. The molecule has 78 valence electrons. The monoisotopic (exact) mass is 188 g/mol. The lowest BCUT2D eigenvalue weighted by atomic mass is 10.2. The van der Waals surface area contributed by atoms with Crippen molar-refractivity contribution in [2.45, 2.75) is 39.3 Å². The van der Waals surface area contributed by atoms with Crippen molar-refractivity contribution in [3.05, 3.63) is 0 Å². The van der Waals surface area contributed by atoms with Crippen molar-refractivity contribution in [2.24, 2.45) is 5.73 Å². The van der Waals surface area contributed by atoms with Gasteiger partial charge in [0.1, 0.15) is 5.60 Å². The fourth-order valence-corrected chi connectivity index (χ4v) is 0.672. The van der Waals surface area contributed by atoms with E-state index in [-0.39, 0.29) is 12.1 Å². The largest absolute Gasteiger partial charge is 0.444 e. The Labute approximate surface area is 80.0 Å². The van der Waals surface area contributed by atoms with E-state index in [2.05, 4.69) is 0 Å². The standard InChI is InChI=1S/C9H20N2O2/c1-7(6-10)11(5)8(12)13-9(2,3)4/h7H,6,10H2,1-5H3/t7-/m1/s1. The van der Waals surface area contributed by atoms with Gasteiger partial charge in [-0.25, -0.2) is 4.79 Å². The molecule has 1 amide bonds. The summed E-state index contributed by atoms with van der Waals surface area (Å²) in [6.07, 6.45) is -0.328. The van der Waals surface area contributed by atoms with Crippen molar-refractivity contribution in [2.75, 3.05) is 13.6 Å². The van der Waals surface area contributed by atoms with Crippen molar-refractivity contribution in [3.63, 3.8) is 0 Å². The second-order valence-electron chi connectivity index (χ2n) is 4.18. The number of hydrogen-bond donors (Lipinski definition) is 1. The lowest BCUT2D eigenvalue weighted by molar-refractivity contribution is 0.0242. The van der Waals surface area contributed by atoms with Gasteiger partial charge < -0.3 is 15.4 Å². The van der Waals surface area contributed by atoms with E-state index in [1.54, 1.807) is 7.05 Å². The zero-order valence-electron chi connectivity index (χ0n) is 9.13. The summed E-state index contributed by atoms with van der Waals surface area (Å²) in [4.78, 5) is 12.9. The Bertz CT molecular complexity index is 175. The highest BCUT2D eigenvalue weighted by Crippen LogP contribution is 2.10. The molecule has 0 aromatic rings. The Morgan fingerprint density at radius 2 is 2.00 bits per heavy atom. The quantitative estimate of drug-likeness (QED) is 0.708. The first kappa shape index (κ1) is 12.2. The highest BCUT2D eigenvalue weighted by atomic mass is 16.6. The van der Waals surface area contributed by atoms with Gasteiger partial charge in [-0.2, -0.15) is 0 Å². The van der Waals surface area contributed by atoms with Crippen molar-refractivity contribution >= 4 is 6.09 Å². The maximum atomic E-state index is 11.4. The van der Waals surface area contributed by atoms with E-state index in [0.29, 0.717) is 6.54 Å². The molecule has 0 saturated heterocycles. The molecule has 4 heteroatoms. The van der Waals surface area contributed by atoms with E-state index >= 15 is 0 Å². The molecule has 0 aliphatic carbocycles. The molecule has 0 rings (SSSR count). The second-order valence-corrected chi connectivity index (χ2v) is 4.18. The van der Waals surface area contributed by atoms with Gasteiger partial charge in [0.25, 0.3) is 0 Å². The van der Waals surface area contributed by atoms with E-state index in [1.807, 2.05) is 27.7 Å². The van der Waals surface area contributed by atoms with Crippen LogP contribution in [0.4, 0.5) is 4.79 Å². The molecule has 2 N–H and O–H groups in total. The third-order valence-corrected chi connectivity index (χ3v) is 1.68. The van der Waals surface area contributed by atoms with E-state index < -0.39 is 5.60 Å². The lowest BCUT2D eigenvalue weighted by Crippen LogP contribution is -2.42. The van der Waals surface area contributed by atoms with Crippen LogP contribution < -0.4 is 5.73 Å². The molecule has 0 aromatic heterocycles. The Balaban J connectivity index is 4.12. The minimum Gasteiger partial charge on any atom is -0.444 e. The molecule has 0 bridgehead atoms. The molecule has 0 unspecified atom stereocenters. The fraction of sp³-hybridized carbons (Fsp3) is 0.889. The van der Waals surface area contributed by atoms with Gasteiger partial charge in [-0.05, 0) is 27.7 Å². The van der Waals surface area contributed by atoms with Crippen LogP contribution in [-0.4, -0.2) is 36.2 Å². The summed E-state index contributed by atoms with van der Waals surface area (Å²) in [5, 5.41) is 0. The van der Waals surface area contributed by atoms with E-state index in [1.165, 1.54) is 4.90 Å². The van der Waals surface area contributed by atoms with Gasteiger partial charge in [-0.1, -0.05) is 0 Å². The number of likely N-dealkylation sites (N-methyl/N-ethyl adjacent to an activating group) is 1. The van der Waals surface area contributed by atoms with Crippen LogP contribution in [0.5, 0.6) is 0 Å². The number of nitrogens with two attached hydrogens (primary N) is 1. The van der Waals surface area contributed by atoms with Crippen LogP contribution in [0.3, 0.4) is 0 Å². The van der Waals surface area contributed by atoms with Gasteiger partial charge in [0, 0.05) is 19.6 Å². The fourth-order valence-electron chi connectivity index (χ4n) is 0.672. The summed E-state index contributed by atoms with van der Waals surface area (Å²) in [5.41, 5.74) is 4.98. The Morgan fingerprint density at radius 1 is 1.54 bits per heavy atom. The molecule has 0 spiro atoms. The Morgan fingerprint density at radius 3 is 2.31 bits per heavy atom. The number of carbonyl (C=O) groups excluding carboxylic acids is 1. The zero-order chi connectivity index (χ0) is 10.6. The third kappa shape index (κ3) is 4.72. The lowest BCUT2D eigenvalue weighted by Gasteiger charge is -2.27. The molecule has 0 aliphatic rings. The summed E-state index contributed by atoms with van der Waals surface area (Å²) < 4.78 is 5.15. The maximum absolute atomic E-state index is 11.4. The van der Waals surface area contributed by atoms with Crippen LogP contribution in [0.25, 0.3) is 0 Å². The molecule has 0 heterocycles. The van der Waals surface area contributed by atoms with Gasteiger partial charge in [0.15, 0.2) is 0 Å². The van der Waals surface area contributed by atoms with Gasteiger partial charge in [0.05, 0.1) is 0 Å². The average molecular weight is 188 g/mol. The average Bonchev–Trinajstić information content (AvgIpc) is 1.98. The van der Waals surface area contributed by atoms with Crippen LogP contribution in [0.15, 0.2) is 0 Å². The predicted molar refractivity (Wildman–Crippen MR) is 52.5 cm³/mol. The molecular formula is C9H20N2O2. The summed E-state index contributed by atoms with van der Waals surface area (Å²) >= 11 is 0. The predicted octanol–water partition coefficient (Wildman–Crippen LogP) is 1.20. The van der Waals surface area contributed by atoms with Crippen LogP contribution in [0, 0.1) is 0 Å². The SMILES string of the molecule is C[C@H](CN)N(C)C(=O)OC(C)(C)C. The first-order valence-corrected chi connectivity index (χ1v) is 4.44. The van der Waals surface area contributed by atoms with E-state index in [0.717, 1.165) is 0 Å². The van der Waals surface area contributed by atoms with Crippen molar-refractivity contribution in [3.8, 4) is 0 Å². The van der Waals surface area contributed by atoms with Crippen LogP contribution in [0.2, 0.25) is 0 Å². The molecular weight excluding hydrogens is 168 g/mol. The van der Waals surface area contributed by atoms with E-state index in [9.17, 15) is 4.79 Å². The molecule has 0 aromatic carbocycles. The normalized spacial score (nSPS) is 13.7. The van der Waals surface area contributed by atoms with Crippen LogP contribution in [0.1, 0.15) is 27.7 Å². The Hall–Kier alpha value is -0.770. The summed E-state index contributed by atoms with van der Waals surface area (Å²) in [7, 11) is 1.69. The number of carbonyl (C=O) groups is 1. The van der Waals surface area contributed by atoms with Gasteiger partial charge in [-0.15, -0.1) is 0 Å².